The molecule has 0 spiro atoms. The predicted molar refractivity (Wildman–Crippen MR) is 95.2 cm³/mol. The molecule has 2 amide bonds. The molecular formula is C20H24N2O3. The summed E-state index contributed by atoms with van der Waals surface area (Å²) >= 11 is 0. The topological polar surface area (TPSA) is 62.6 Å². The molecule has 2 unspecified atom stereocenters. The lowest BCUT2D eigenvalue weighted by Crippen LogP contribution is -2.46. The molecule has 0 radical (unpaired) electrons. The smallest absolute Gasteiger partial charge is 0.287 e. The third-order valence-electron chi connectivity index (χ3n) is 4.91. The Bertz CT molecular complexity index is 767. The van der Waals surface area contributed by atoms with E-state index in [1.54, 1.807) is 19.1 Å². The third-order valence-corrected chi connectivity index (χ3v) is 4.91. The maximum Gasteiger partial charge on any atom is 0.287 e. The zero-order valence-corrected chi connectivity index (χ0v) is 14.9. The van der Waals surface area contributed by atoms with Crippen molar-refractivity contribution >= 4 is 11.8 Å². The van der Waals surface area contributed by atoms with Crippen LogP contribution in [0.25, 0.3) is 0 Å². The van der Waals surface area contributed by atoms with Gasteiger partial charge in [0.2, 0.25) is 5.91 Å². The van der Waals surface area contributed by atoms with E-state index >= 15 is 0 Å². The van der Waals surface area contributed by atoms with E-state index in [2.05, 4.69) is 37.4 Å². The minimum Gasteiger partial charge on any atom is -0.459 e. The van der Waals surface area contributed by atoms with Gasteiger partial charge in [0.25, 0.3) is 5.91 Å². The molecule has 1 saturated heterocycles. The van der Waals surface area contributed by atoms with Gasteiger partial charge < -0.3 is 14.6 Å². The van der Waals surface area contributed by atoms with Gasteiger partial charge in [0.05, 0.1) is 12.3 Å². The molecule has 5 heteroatoms. The van der Waals surface area contributed by atoms with Crippen LogP contribution in [0.2, 0.25) is 0 Å². The van der Waals surface area contributed by atoms with Gasteiger partial charge in [0, 0.05) is 6.54 Å². The molecule has 5 nitrogen and oxygen atoms in total. The monoisotopic (exact) mass is 340 g/mol. The lowest BCUT2D eigenvalue weighted by molar-refractivity contribution is -0.133. The molecule has 1 aromatic carbocycles. The standard InChI is InChI=1S/C20H24N2O3/c1-13-8-9-16(12-14(13)2)17-6-4-10-22(17)20(24)15(3)21-19(23)18-7-5-11-25-18/h5,7-9,11-12,15,17H,4,6,10H2,1-3H3,(H,21,23). The number of aryl methyl sites for hydroxylation is 2. The fourth-order valence-electron chi connectivity index (χ4n) is 3.33. The molecule has 1 N–H and O–H groups in total. The van der Waals surface area contributed by atoms with E-state index in [-0.39, 0.29) is 23.6 Å². The second-order valence-electron chi connectivity index (χ2n) is 6.71. The summed E-state index contributed by atoms with van der Waals surface area (Å²) in [6.45, 7) is 6.62. The summed E-state index contributed by atoms with van der Waals surface area (Å²) in [6.07, 6.45) is 3.37. The Morgan fingerprint density at radius 3 is 2.72 bits per heavy atom. The largest absolute Gasteiger partial charge is 0.459 e. The van der Waals surface area contributed by atoms with Crippen LogP contribution < -0.4 is 5.32 Å². The number of hydrogen-bond donors (Lipinski definition) is 1. The van der Waals surface area contributed by atoms with Crippen LogP contribution in [0.1, 0.15) is 53.1 Å². The van der Waals surface area contributed by atoms with Crippen molar-refractivity contribution in [1.29, 1.82) is 0 Å². The van der Waals surface area contributed by atoms with Gasteiger partial charge in [-0.05, 0) is 62.4 Å². The Labute approximate surface area is 148 Å². The Balaban J connectivity index is 1.71. The first-order valence-electron chi connectivity index (χ1n) is 8.69. The number of carbonyl (C=O) groups excluding carboxylic acids is 2. The summed E-state index contributed by atoms with van der Waals surface area (Å²) < 4.78 is 5.08. The SMILES string of the molecule is Cc1ccc(C2CCCN2C(=O)C(C)NC(=O)c2ccco2)cc1C. The highest BCUT2D eigenvalue weighted by Gasteiger charge is 2.33. The minimum atomic E-state index is -0.593. The highest BCUT2D eigenvalue weighted by Crippen LogP contribution is 2.33. The van der Waals surface area contributed by atoms with Crippen LogP contribution in [0.15, 0.2) is 41.0 Å². The molecule has 1 aliphatic heterocycles. The van der Waals surface area contributed by atoms with Crippen LogP contribution in [0.4, 0.5) is 0 Å². The van der Waals surface area contributed by atoms with E-state index < -0.39 is 6.04 Å². The van der Waals surface area contributed by atoms with E-state index in [0.717, 1.165) is 19.4 Å². The van der Waals surface area contributed by atoms with Crippen LogP contribution in [0, 0.1) is 13.8 Å². The normalized spacial score (nSPS) is 18.2. The molecule has 2 heterocycles. The molecule has 0 saturated carbocycles. The molecule has 132 valence electrons. The predicted octanol–water partition coefficient (Wildman–Crippen LogP) is 3.38. The van der Waals surface area contributed by atoms with Gasteiger partial charge in [-0.15, -0.1) is 0 Å². The highest BCUT2D eigenvalue weighted by molar-refractivity contribution is 5.95. The van der Waals surface area contributed by atoms with Crippen molar-refractivity contribution in [2.24, 2.45) is 0 Å². The molecule has 25 heavy (non-hydrogen) atoms. The Hall–Kier alpha value is -2.56. The lowest BCUT2D eigenvalue weighted by atomic mass is 9.99. The molecule has 1 fully saturated rings. The first kappa shape index (κ1) is 17.3. The molecule has 2 aromatic rings. The molecule has 2 atom stereocenters. The summed E-state index contributed by atoms with van der Waals surface area (Å²) in [5, 5.41) is 2.73. The summed E-state index contributed by atoms with van der Waals surface area (Å²) in [7, 11) is 0. The number of amides is 2. The number of carbonyl (C=O) groups is 2. The number of rotatable bonds is 4. The molecular weight excluding hydrogens is 316 g/mol. The van der Waals surface area contributed by atoms with E-state index in [1.807, 2.05) is 4.90 Å². The first-order valence-corrected chi connectivity index (χ1v) is 8.69. The number of furan rings is 1. The van der Waals surface area contributed by atoms with Crippen LogP contribution >= 0.6 is 0 Å². The average Bonchev–Trinajstić information content (AvgIpc) is 3.28. The fourth-order valence-corrected chi connectivity index (χ4v) is 3.33. The highest BCUT2D eigenvalue weighted by atomic mass is 16.3. The van der Waals surface area contributed by atoms with E-state index in [1.165, 1.54) is 23.0 Å². The Kier molecular flexibility index (Phi) is 4.93. The second kappa shape index (κ2) is 7.13. The van der Waals surface area contributed by atoms with Crippen LogP contribution in [-0.2, 0) is 4.79 Å². The number of nitrogens with one attached hydrogen (secondary N) is 1. The van der Waals surface area contributed by atoms with Gasteiger partial charge in [0.15, 0.2) is 5.76 Å². The summed E-state index contributed by atoms with van der Waals surface area (Å²) in [5.41, 5.74) is 3.65. The molecule has 3 rings (SSSR count). The summed E-state index contributed by atoms with van der Waals surface area (Å²) in [6, 6.07) is 9.09. The Morgan fingerprint density at radius 2 is 2.04 bits per heavy atom. The first-order chi connectivity index (χ1) is 12.0. The fraction of sp³-hybridized carbons (Fsp3) is 0.400. The van der Waals surface area contributed by atoms with Crippen LogP contribution in [0.3, 0.4) is 0 Å². The second-order valence-corrected chi connectivity index (χ2v) is 6.71. The molecule has 0 bridgehead atoms. The van der Waals surface area contributed by atoms with Crippen molar-refractivity contribution in [3.63, 3.8) is 0 Å². The van der Waals surface area contributed by atoms with Gasteiger partial charge in [-0.1, -0.05) is 18.2 Å². The molecule has 0 aliphatic carbocycles. The third kappa shape index (κ3) is 3.60. The zero-order chi connectivity index (χ0) is 18.0. The maximum atomic E-state index is 12.9. The summed E-state index contributed by atoms with van der Waals surface area (Å²) in [5.74, 6) is -0.208. The molecule has 1 aromatic heterocycles. The van der Waals surface area contributed by atoms with Crippen molar-refractivity contribution in [2.75, 3.05) is 6.54 Å². The minimum absolute atomic E-state index is 0.0550. The van der Waals surface area contributed by atoms with Gasteiger partial charge in [-0.3, -0.25) is 9.59 Å². The van der Waals surface area contributed by atoms with Gasteiger partial charge in [0.1, 0.15) is 6.04 Å². The van der Waals surface area contributed by atoms with Gasteiger partial charge in [-0.25, -0.2) is 0 Å². The van der Waals surface area contributed by atoms with E-state index in [4.69, 9.17) is 4.42 Å². The lowest BCUT2D eigenvalue weighted by Gasteiger charge is -2.28. The van der Waals surface area contributed by atoms with Crippen LogP contribution in [0.5, 0.6) is 0 Å². The zero-order valence-electron chi connectivity index (χ0n) is 14.9. The van der Waals surface area contributed by atoms with Crippen molar-refractivity contribution in [2.45, 2.75) is 45.7 Å². The summed E-state index contributed by atoms with van der Waals surface area (Å²) in [4.78, 5) is 26.8. The molecule has 1 aliphatic rings. The van der Waals surface area contributed by atoms with Crippen molar-refractivity contribution < 1.29 is 14.0 Å². The Morgan fingerprint density at radius 1 is 1.24 bits per heavy atom. The van der Waals surface area contributed by atoms with Gasteiger partial charge >= 0.3 is 0 Å². The number of likely N-dealkylation sites (tertiary alicyclic amines) is 1. The van der Waals surface area contributed by atoms with E-state index in [0.29, 0.717) is 0 Å². The number of hydrogen-bond acceptors (Lipinski definition) is 3. The maximum absolute atomic E-state index is 12.9. The quantitative estimate of drug-likeness (QED) is 0.928. The van der Waals surface area contributed by atoms with Crippen molar-refractivity contribution in [3.8, 4) is 0 Å². The number of benzene rings is 1. The van der Waals surface area contributed by atoms with E-state index in [9.17, 15) is 9.59 Å². The number of nitrogens with zero attached hydrogens (tertiary/aromatic N) is 1. The van der Waals surface area contributed by atoms with Crippen molar-refractivity contribution in [1.82, 2.24) is 10.2 Å². The van der Waals surface area contributed by atoms with Crippen LogP contribution in [-0.4, -0.2) is 29.3 Å². The van der Waals surface area contributed by atoms with Gasteiger partial charge in [-0.2, -0.15) is 0 Å². The average molecular weight is 340 g/mol. The van der Waals surface area contributed by atoms with Crippen molar-refractivity contribution in [3.05, 3.63) is 59.0 Å².